The van der Waals surface area contributed by atoms with Crippen LogP contribution in [0.3, 0.4) is 0 Å². The molecule has 0 saturated carbocycles. The number of fused-ring (bicyclic) bond motifs is 1. The van der Waals surface area contributed by atoms with Crippen molar-refractivity contribution in [3.05, 3.63) is 29.8 Å². The Labute approximate surface area is 152 Å². The number of thioether (sulfide) groups is 1. The Morgan fingerprint density at radius 2 is 2.04 bits per heavy atom. The molecular formula is C17H22N2O4S2. The molecule has 2 fully saturated rings. The van der Waals surface area contributed by atoms with Crippen LogP contribution in [-0.4, -0.2) is 60.8 Å². The number of hydrogen-bond acceptors (Lipinski definition) is 5. The van der Waals surface area contributed by atoms with Crippen LogP contribution in [0, 0.1) is 0 Å². The van der Waals surface area contributed by atoms with Gasteiger partial charge in [-0.05, 0) is 24.1 Å². The van der Waals surface area contributed by atoms with E-state index in [4.69, 9.17) is 4.74 Å². The Morgan fingerprint density at radius 1 is 1.32 bits per heavy atom. The van der Waals surface area contributed by atoms with Crippen LogP contribution in [0.2, 0.25) is 0 Å². The van der Waals surface area contributed by atoms with Gasteiger partial charge in [0.25, 0.3) is 0 Å². The van der Waals surface area contributed by atoms with E-state index in [1.807, 2.05) is 29.2 Å². The lowest BCUT2D eigenvalue weighted by Gasteiger charge is -2.24. The minimum atomic E-state index is -3.01. The summed E-state index contributed by atoms with van der Waals surface area (Å²) in [5, 5.41) is 0.648. The minimum absolute atomic E-state index is 0.0238. The Bertz CT molecular complexity index is 774. The summed E-state index contributed by atoms with van der Waals surface area (Å²) in [4.78, 5) is 18.0. The van der Waals surface area contributed by atoms with Gasteiger partial charge in [-0.2, -0.15) is 4.99 Å². The van der Waals surface area contributed by atoms with Crippen LogP contribution in [0.5, 0.6) is 5.75 Å². The number of amidine groups is 1. The molecule has 0 radical (unpaired) electrons. The van der Waals surface area contributed by atoms with Crippen LogP contribution < -0.4 is 4.74 Å². The van der Waals surface area contributed by atoms with Crippen LogP contribution in [0.4, 0.5) is 0 Å². The molecule has 3 rings (SSSR count). The van der Waals surface area contributed by atoms with Crippen molar-refractivity contribution in [1.29, 1.82) is 0 Å². The van der Waals surface area contributed by atoms with E-state index >= 15 is 0 Å². The van der Waals surface area contributed by atoms with Crippen LogP contribution in [0.1, 0.15) is 18.9 Å². The van der Waals surface area contributed by atoms with Gasteiger partial charge in [0, 0.05) is 18.2 Å². The largest absolute Gasteiger partial charge is 0.497 e. The number of sulfone groups is 1. The van der Waals surface area contributed by atoms with Gasteiger partial charge in [0.15, 0.2) is 15.0 Å². The molecule has 0 aromatic heterocycles. The summed E-state index contributed by atoms with van der Waals surface area (Å²) in [7, 11) is -1.38. The lowest BCUT2D eigenvalue weighted by molar-refractivity contribution is -0.117. The van der Waals surface area contributed by atoms with Crippen molar-refractivity contribution < 1.29 is 17.9 Å². The molecule has 6 nitrogen and oxygen atoms in total. The predicted octanol–water partition coefficient (Wildman–Crippen LogP) is 1.74. The monoisotopic (exact) mass is 382 g/mol. The van der Waals surface area contributed by atoms with Crippen LogP contribution in [0.15, 0.2) is 29.3 Å². The van der Waals surface area contributed by atoms with Crippen LogP contribution in [0.25, 0.3) is 0 Å². The van der Waals surface area contributed by atoms with Gasteiger partial charge in [-0.15, -0.1) is 0 Å². The zero-order valence-electron chi connectivity index (χ0n) is 14.3. The van der Waals surface area contributed by atoms with Crippen molar-refractivity contribution in [2.45, 2.75) is 31.1 Å². The van der Waals surface area contributed by atoms with E-state index in [0.717, 1.165) is 17.7 Å². The number of carbonyl (C=O) groups is 1. The van der Waals surface area contributed by atoms with Gasteiger partial charge in [0.2, 0.25) is 5.91 Å². The fourth-order valence-corrected chi connectivity index (χ4v) is 7.12. The molecule has 1 amide bonds. The second kappa shape index (κ2) is 7.37. The Kier molecular flexibility index (Phi) is 5.38. The SMILES string of the molecule is CCC(=O)N=C1S[C@H]2CS(=O)(=O)C[C@H]2N1CCc1ccc(OC)cc1. The van der Waals surface area contributed by atoms with Gasteiger partial charge in [-0.1, -0.05) is 30.8 Å². The second-order valence-corrected chi connectivity index (χ2v) is 9.59. The van der Waals surface area contributed by atoms with E-state index in [1.54, 1.807) is 14.0 Å². The van der Waals surface area contributed by atoms with Gasteiger partial charge >= 0.3 is 0 Å². The van der Waals surface area contributed by atoms with E-state index in [2.05, 4.69) is 4.99 Å². The first-order valence-corrected chi connectivity index (χ1v) is 11.0. The normalized spacial score (nSPS) is 26.0. The third-order valence-electron chi connectivity index (χ3n) is 4.50. The summed E-state index contributed by atoms with van der Waals surface area (Å²) in [5.41, 5.74) is 1.14. The first-order chi connectivity index (χ1) is 11.9. The Morgan fingerprint density at radius 3 is 2.68 bits per heavy atom. The molecule has 136 valence electrons. The highest BCUT2D eigenvalue weighted by Gasteiger charge is 2.48. The number of rotatable bonds is 5. The molecule has 1 aromatic rings. The molecule has 0 N–H and O–H groups in total. The van der Waals surface area contributed by atoms with Crippen molar-refractivity contribution >= 4 is 32.7 Å². The summed E-state index contributed by atoms with van der Waals surface area (Å²) in [6, 6.07) is 7.73. The third-order valence-corrected chi connectivity index (χ3v) is 7.75. The zero-order chi connectivity index (χ0) is 18.0. The van der Waals surface area contributed by atoms with Crippen molar-refractivity contribution in [2.24, 2.45) is 4.99 Å². The van der Waals surface area contributed by atoms with Gasteiger partial charge in [0.1, 0.15) is 5.75 Å². The number of hydrogen-bond donors (Lipinski definition) is 0. The molecule has 0 unspecified atom stereocenters. The Balaban J connectivity index is 1.76. The lowest BCUT2D eigenvalue weighted by Crippen LogP contribution is -2.39. The quantitative estimate of drug-likeness (QED) is 0.772. The summed E-state index contributed by atoms with van der Waals surface area (Å²) in [6.45, 7) is 2.42. The maximum Gasteiger partial charge on any atom is 0.247 e. The molecule has 1 aromatic carbocycles. The smallest absolute Gasteiger partial charge is 0.247 e. The summed E-state index contributed by atoms with van der Waals surface area (Å²) in [5.74, 6) is 0.950. The number of carbonyl (C=O) groups excluding carboxylic acids is 1. The number of ether oxygens (including phenoxy) is 1. The first-order valence-electron chi connectivity index (χ1n) is 8.30. The van der Waals surface area contributed by atoms with E-state index in [1.165, 1.54) is 11.8 Å². The van der Waals surface area contributed by atoms with Gasteiger partial charge in [-0.25, -0.2) is 8.42 Å². The van der Waals surface area contributed by atoms with Crippen molar-refractivity contribution in [3.63, 3.8) is 0 Å². The van der Waals surface area contributed by atoms with Crippen LogP contribution >= 0.6 is 11.8 Å². The van der Waals surface area contributed by atoms with E-state index in [9.17, 15) is 13.2 Å². The molecule has 2 aliphatic heterocycles. The molecule has 2 atom stereocenters. The zero-order valence-corrected chi connectivity index (χ0v) is 16.0. The highest BCUT2D eigenvalue weighted by atomic mass is 32.2. The molecule has 0 aliphatic carbocycles. The van der Waals surface area contributed by atoms with Crippen molar-refractivity contribution in [3.8, 4) is 5.75 Å². The highest BCUT2D eigenvalue weighted by Crippen LogP contribution is 2.38. The van der Waals surface area contributed by atoms with E-state index in [0.29, 0.717) is 18.1 Å². The number of nitrogens with zero attached hydrogens (tertiary/aromatic N) is 2. The standard InChI is InChI=1S/C17H22N2O4S2/c1-3-16(20)18-17-19(14-10-25(21,22)11-15(14)24-17)9-8-12-4-6-13(23-2)7-5-12/h4-7,14-15H,3,8-11H2,1-2H3/t14-,15+/m1/s1. The highest BCUT2D eigenvalue weighted by molar-refractivity contribution is 8.15. The van der Waals surface area contributed by atoms with Crippen LogP contribution in [-0.2, 0) is 21.1 Å². The van der Waals surface area contributed by atoms with Gasteiger partial charge < -0.3 is 9.64 Å². The molecule has 0 spiro atoms. The fourth-order valence-electron chi connectivity index (χ4n) is 3.12. The summed E-state index contributed by atoms with van der Waals surface area (Å²) >= 11 is 1.43. The van der Waals surface area contributed by atoms with Gasteiger partial charge in [0.05, 0.1) is 24.7 Å². The topological polar surface area (TPSA) is 76.0 Å². The first kappa shape index (κ1) is 18.3. The molecule has 2 heterocycles. The Hall–Kier alpha value is -1.54. The number of benzene rings is 1. The molecule has 25 heavy (non-hydrogen) atoms. The lowest BCUT2D eigenvalue weighted by atomic mass is 10.1. The predicted molar refractivity (Wildman–Crippen MR) is 100.0 cm³/mol. The molecule has 8 heteroatoms. The average molecular weight is 383 g/mol. The van der Waals surface area contributed by atoms with Gasteiger partial charge in [-0.3, -0.25) is 4.79 Å². The van der Waals surface area contributed by atoms with Crippen molar-refractivity contribution in [2.75, 3.05) is 25.2 Å². The number of amides is 1. The van der Waals surface area contributed by atoms with Crippen molar-refractivity contribution in [1.82, 2.24) is 4.90 Å². The number of methoxy groups -OCH3 is 1. The second-order valence-electron chi connectivity index (χ2n) is 6.23. The van der Waals surface area contributed by atoms with E-state index in [-0.39, 0.29) is 28.7 Å². The average Bonchev–Trinajstić information content (AvgIpc) is 3.04. The summed E-state index contributed by atoms with van der Waals surface area (Å²) in [6.07, 6.45) is 1.11. The minimum Gasteiger partial charge on any atom is -0.497 e. The molecule has 0 bridgehead atoms. The third kappa shape index (κ3) is 4.17. The summed E-state index contributed by atoms with van der Waals surface area (Å²) < 4.78 is 29.1. The molecular weight excluding hydrogens is 360 g/mol. The molecule has 2 aliphatic rings. The van der Waals surface area contributed by atoms with E-state index < -0.39 is 9.84 Å². The maximum absolute atomic E-state index is 12.0. The molecule has 2 saturated heterocycles. The number of aliphatic imine (C=N–C) groups is 1. The maximum atomic E-state index is 12.0. The fraction of sp³-hybridized carbons (Fsp3) is 0.529.